The van der Waals surface area contributed by atoms with Crippen molar-refractivity contribution in [1.29, 1.82) is 5.41 Å². The first kappa shape index (κ1) is 17.5. The molecule has 2 rings (SSSR count). The van der Waals surface area contributed by atoms with E-state index in [0.717, 1.165) is 30.0 Å². The molecular formula is C18H28N4O. The Labute approximate surface area is 138 Å². The van der Waals surface area contributed by atoms with Crippen LogP contribution in [0.15, 0.2) is 35.5 Å². The molecular weight excluding hydrogens is 288 g/mol. The second-order valence-electron chi connectivity index (χ2n) is 6.05. The first-order valence-electron chi connectivity index (χ1n) is 8.24. The number of morpholine rings is 1. The van der Waals surface area contributed by atoms with Gasteiger partial charge in [0.25, 0.3) is 0 Å². The van der Waals surface area contributed by atoms with E-state index in [1.54, 1.807) is 0 Å². The number of rotatable bonds is 6. The van der Waals surface area contributed by atoms with Crippen LogP contribution in [-0.2, 0) is 4.74 Å². The summed E-state index contributed by atoms with van der Waals surface area (Å²) >= 11 is 0. The van der Waals surface area contributed by atoms with Crippen LogP contribution in [0.5, 0.6) is 0 Å². The Kier molecular flexibility index (Phi) is 6.19. The molecule has 0 bridgehead atoms. The average Bonchev–Trinajstić information content (AvgIpc) is 2.58. The fourth-order valence-corrected chi connectivity index (χ4v) is 2.60. The molecule has 0 radical (unpaired) electrons. The van der Waals surface area contributed by atoms with Crippen molar-refractivity contribution in [1.82, 2.24) is 5.32 Å². The van der Waals surface area contributed by atoms with Crippen molar-refractivity contribution in [2.24, 2.45) is 5.73 Å². The van der Waals surface area contributed by atoms with Crippen molar-refractivity contribution in [3.05, 3.63) is 41.1 Å². The smallest absolute Gasteiger partial charge is 0.0953 e. The maximum atomic E-state index is 7.83. The molecule has 1 saturated heterocycles. The highest BCUT2D eigenvalue weighted by molar-refractivity contribution is 5.97. The Bertz CT molecular complexity index is 565. The van der Waals surface area contributed by atoms with Crippen LogP contribution in [0.2, 0.25) is 0 Å². The molecule has 5 nitrogen and oxygen atoms in total. The fraction of sp³-hybridized carbons (Fsp3) is 0.500. The summed E-state index contributed by atoms with van der Waals surface area (Å²) in [7, 11) is 0. The molecule has 1 heterocycles. The monoisotopic (exact) mass is 316 g/mol. The van der Waals surface area contributed by atoms with Crippen LogP contribution in [0, 0.1) is 5.41 Å². The van der Waals surface area contributed by atoms with Crippen LogP contribution in [0.3, 0.4) is 0 Å². The van der Waals surface area contributed by atoms with E-state index in [4.69, 9.17) is 15.9 Å². The van der Waals surface area contributed by atoms with E-state index in [1.165, 1.54) is 5.56 Å². The topological polar surface area (TPSA) is 83.2 Å². The zero-order valence-corrected chi connectivity index (χ0v) is 14.3. The number of nitrogens with one attached hydrogen (secondary N) is 3. The Hall–Kier alpha value is -1.85. The lowest BCUT2D eigenvalue weighted by atomic mass is 10.1. The van der Waals surface area contributed by atoms with E-state index < -0.39 is 0 Å². The van der Waals surface area contributed by atoms with Crippen LogP contribution in [-0.4, -0.2) is 31.4 Å². The first-order chi connectivity index (χ1) is 11.0. The van der Waals surface area contributed by atoms with Gasteiger partial charge in [-0.15, -0.1) is 0 Å². The Morgan fingerprint density at radius 1 is 1.35 bits per heavy atom. The largest absolute Gasteiger partial charge is 0.400 e. The zero-order chi connectivity index (χ0) is 16.8. The van der Waals surface area contributed by atoms with Crippen molar-refractivity contribution in [3.8, 4) is 0 Å². The lowest BCUT2D eigenvalue weighted by Gasteiger charge is -2.29. The minimum atomic E-state index is 0.116. The van der Waals surface area contributed by atoms with Gasteiger partial charge >= 0.3 is 0 Å². The minimum Gasteiger partial charge on any atom is -0.400 e. The van der Waals surface area contributed by atoms with E-state index in [1.807, 2.05) is 26.0 Å². The molecule has 1 fully saturated rings. The molecule has 0 aliphatic carbocycles. The highest BCUT2D eigenvalue weighted by Crippen LogP contribution is 2.22. The number of ether oxygens (including phenoxy) is 1. The molecule has 1 aliphatic rings. The van der Waals surface area contributed by atoms with Crippen molar-refractivity contribution in [2.45, 2.75) is 39.4 Å². The van der Waals surface area contributed by atoms with Crippen LogP contribution >= 0.6 is 0 Å². The summed E-state index contributed by atoms with van der Waals surface area (Å²) in [6.07, 6.45) is 1.06. The van der Waals surface area contributed by atoms with E-state index in [0.29, 0.717) is 18.7 Å². The van der Waals surface area contributed by atoms with E-state index in [9.17, 15) is 0 Å². The summed E-state index contributed by atoms with van der Waals surface area (Å²) in [5, 5.41) is 14.5. The molecule has 126 valence electrons. The van der Waals surface area contributed by atoms with Gasteiger partial charge in [0, 0.05) is 30.2 Å². The highest BCUT2D eigenvalue weighted by Gasteiger charge is 2.20. The third-order valence-electron chi connectivity index (χ3n) is 4.21. The Balaban J connectivity index is 1.94. The van der Waals surface area contributed by atoms with E-state index >= 15 is 0 Å². The Morgan fingerprint density at radius 2 is 2.04 bits per heavy atom. The summed E-state index contributed by atoms with van der Waals surface area (Å²) in [5.41, 5.74) is 10.4. The summed E-state index contributed by atoms with van der Waals surface area (Å²) in [6.45, 7) is 8.26. The fourth-order valence-electron chi connectivity index (χ4n) is 2.60. The number of hydrogen-bond acceptors (Lipinski definition) is 5. The van der Waals surface area contributed by atoms with Crippen molar-refractivity contribution in [3.63, 3.8) is 0 Å². The number of hydrogen-bond donors (Lipinski definition) is 4. The summed E-state index contributed by atoms with van der Waals surface area (Å²) < 4.78 is 5.95. The summed E-state index contributed by atoms with van der Waals surface area (Å²) in [4.78, 5) is 0. The number of nitrogens with two attached hydrogens (primary N) is 1. The molecule has 1 aromatic rings. The SMILES string of the molecule is CCC(=N)/C(C)=C(\N)CNc1ccc([C@H]2CNC[C@@H](C)O2)cc1. The molecule has 23 heavy (non-hydrogen) atoms. The third-order valence-corrected chi connectivity index (χ3v) is 4.21. The predicted octanol–water partition coefficient (Wildman–Crippen LogP) is 2.81. The molecule has 1 aromatic carbocycles. The van der Waals surface area contributed by atoms with Gasteiger partial charge in [0.15, 0.2) is 0 Å². The van der Waals surface area contributed by atoms with Crippen LogP contribution in [0.25, 0.3) is 0 Å². The molecule has 0 saturated carbocycles. The van der Waals surface area contributed by atoms with E-state index in [2.05, 4.69) is 29.7 Å². The number of benzene rings is 1. The molecule has 0 aromatic heterocycles. The van der Waals surface area contributed by atoms with Crippen molar-refractivity contribution >= 4 is 11.4 Å². The molecule has 2 atom stereocenters. The van der Waals surface area contributed by atoms with Gasteiger partial charge in [-0.05, 0) is 43.5 Å². The second-order valence-corrected chi connectivity index (χ2v) is 6.05. The minimum absolute atomic E-state index is 0.116. The quantitative estimate of drug-likeness (QED) is 0.608. The molecule has 0 spiro atoms. The molecule has 0 unspecified atom stereocenters. The molecule has 0 amide bonds. The standard InChI is InChI=1S/C18H28N4O/c1-4-16(19)13(3)17(20)10-22-15-7-5-14(6-8-15)18-11-21-9-12(2)23-18/h5-8,12,18-19,21-22H,4,9-11,20H2,1-3H3/b17-13-,19-16?/t12-,18-/m1/s1. The van der Waals surface area contributed by atoms with Gasteiger partial charge in [-0.3, -0.25) is 0 Å². The normalized spacial score (nSPS) is 22.4. The van der Waals surface area contributed by atoms with Crippen molar-refractivity contribution in [2.75, 3.05) is 25.0 Å². The summed E-state index contributed by atoms with van der Waals surface area (Å²) in [6, 6.07) is 8.28. The average molecular weight is 316 g/mol. The number of anilines is 1. The maximum Gasteiger partial charge on any atom is 0.0953 e. The molecule has 1 aliphatic heterocycles. The lowest BCUT2D eigenvalue weighted by molar-refractivity contribution is -0.0287. The van der Waals surface area contributed by atoms with Crippen LogP contribution in [0.1, 0.15) is 38.9 Å². The first-order valence-corrected chi connectivity index (χ1v) is 8.24. The lowest BCUT2D eigenvalue weighted by Crippen LogP contribution is -2.38. The second kappa shape index (κ2) is 8.13. The van der Waals surface area contributed by atoms with Gasteiger partial charge in [-0.25, -0.2) is 0 Å². The van der Waals surface area contributed by atoms with Crippen molar-refractivity contribution < 1.29 is 4.74 Å². The van der Waals surface area contributed by atoms with E-state index in [-0.39, 0.29) is 12.2 Å². The third kappa shape index (κ3) is 4.81. The predicted molar refractivity (Wildman–Crippen MR) is 96.0 cm³/mol. The Morgan fingerprint density at radius 3 is 2.65 bits per heavy atom. The molecule has 5 N–H and O–H groups in total. The zero-order valence-electron chi connectivity index (χ0n) is 14.3. The summed E-state index contributed by atoms with van der Waals surface area (Å²) in [5.74, 6) is 0. The highest BCUT2D eigenvalue weighted by atomic mass is 16.5. The van der Waals surface area contributed by atoms with Gasteiger partial charge in [0.1, 0.15) is 0 Å². The van der Waals surface area contributed by atoms with Gasteiger partial charge in [-0.2, -0.15) is 0 Å². The van der Waals surface area contributed by atoms with Gasteiger partial charge in [0.2, 0.25) is 0 Å². The van der Waals surface area contributed by atoms with Gasteiger partial charge in [-0.1, -0.05) is 19.1 Å². The van der Waals surface area contributed by atoms with Gasteiger partial charge < -0.3 is 26.5 Å². The maximum absolute atomic E-state index is 7.83. The number of allylic oxidation sites excluding steroid dienone is 1. The molecule has 5 heteroatoms. The van der Waals surface area contributed by atoms with Crippen LogP contribution < -0.4 is 16.4 Å². The van der Waals surface area contributed by atoms with Gasteiger partial charge in [0.05, 0.1) is 18.8 Å². The van der Waals surface area contributed by atoms with Crippen LogP contribution in [0.4, 0.5) is 5.69 Å².